The second-order valence-corrected chi connectivity index (χ2v) is 18.0. The molecule has 1 aliphatic heterocycles. The van der Waals surface area contributed by atoms with Gasteiger partial charge in [-0.1, -0.05) is 82.3 Å². The minimum atomic E-state index is -0.00808. The van der Waals surface area contributed by atoms with Crippen LogP contribution in [0.25, 0.3) is 21.9 Å². The van der Waals surface area contributed by atoms with Crippen molar-refractivity contribution >= 4 is 39.0 Å². The van der Waals surface area contributed by atoms with Gasteiger partial charge in [-0.3, -0.25) is 0 Å². The molecule has 12 rings (SSSR count). The van der Waals surface area contributed by atoms with Crippen LogP contribution in [0, 0.1) is 23.7 Å². The summed E-state index contributed by atoms with van der Waals surface area (Å²) >= 11 is 0. The van der Waals surface area contributed by atoms with Crippen LogP contribution < -0.4 is 9.64 Å². The van der Waals surface area contributed by atoms with E-state index in [4.69, 9.17) is 9.15 Å². The van der Waals surface area contributed by atoms with Gasteiger partial charge in [-0.25, -0.2) is 0 Å². The van der Waals surface area contributed by atoms with Crippen molar-refractivity contribution in [1.29, 1.82) is 0 Å². The maximum absolute atomic E-state index is 7.23. The van der Waals surface area contributed by atoms with Gasteiger partial charge in [0.25, 0.3) is 0 Å². The number of ether oxygens (including phenoxy) is 1. The molecule has 4 bridgehead atoms. The zero-order chi connectivity index (χ0) is 34.3. The Labute approximate surface area is 301 Å². The van der Waals surface area contributed by atoms with Gasteiger partial charge in [0.1, 0.15) is 16.9 Å². The molecular weight excluding hydrogens is 623 g/mol. The molecule has 5 aromatic carbocycles. The van der Waals surface area contributed by atoms with Gasteiger partial charge in [0.2, 0.25) is 0 Å². The number of furan rings is 1. The number of benzene rings is 5. The van der Waals surface area contributed by atoms with E-state index in [1.165, 1.54) is 72.9 Å². The summed E-state index contributed by atoms with van der Waals surface area (Å²) in [5, 5.41) is 2.29. The van der Waals surface area contributed by atoms with Crippen LogP contribution in [-0.2, 0) is 16.2 Å². The summed E-state index contributed by atoms with van der Waals surface area (Å²) in [4.78, 5) is 2.50. The molecular formula is C48H47NO2. The van der Waals surface area contributed by atoms with Crippen LogP contribution in [0.5, 0.6) is 11.5 Å². The summed E-state index contributed by atoms with van der Waals surface area (Å²) in [7, 11) is 0. The maximum atomic E-state index is 7.23. The van der Waals surface area contributed by atoms with Gasteiger partial charge in [-0.05, 0) is 139 Å². The lowest BCUT2D eigenvalue weighted by molar-refractivity contribution is -0.0451. The molecule has 0 radical (unpaired) electrons. The van der Waals surface area contributed by atoms with E-state index in [9.17, 15) is 0 Å². The number of nitrogens with zero attached hydrogens (tertiary/aromatic N) is 1. The van der Waals surface area contributed by atoms with E-state index < -0.39 is 0 Å². The third-order valence-corrected chi connectivity index (χ3v) is 14.4. The van der Waals surface area contributed by atoms with Crippen molar-refractivity contribution < 1.29 is 9.15 Å². The first-order valence-corrected chi connectivity index (χ1v) is 19.5. The van der Waals surface area contributed by atoms with Gasteiger partial charge in [-0.2, -0.15) is 0 Å². The van der Waals surface area contributed by atoms with E-state index >= 15 is 0 Å². The molecule has 3 heteroatoms. The van der Waals surface area contributed by atoms with E-state index in [1.807, 2.05) is 0 Å². The first kappa shape index (κ1) is 30.2. The van der Waals surface area contributed by atoms with Crippen molar-refractivity contribution in [2.75, 3.05) is 4.90 Å². The molecule has 1 spiro atoms. The maximum Gasteiger partial charge on any atom is 0.155 e. The molecule has 3 nitrogen and oxygen atoms in total. The number of fused-ring (bicyclic) bond motifs is 6. The lowest BCUT2D eigenvalue weighted by atomic mass is 9.42. The Hall–Kier alpha value is -4.50. The van der Waals surface area contributed by atoms with Crippen LogP contribution >= 0.6 is 0 Å². The highest BCUT2D eigenvalue weighted by molar-refractivity contribution is 6.06. The molecule has 256 valence electrons. The van der Waals surface area contributed by atoms with Crippen molar-refractivity contribution in [3.8, 4) is 11.5 Å². The summed E-state index contributed by atoms with van der Waals surface area (Å²) < 4.78 is 13.6. The van der Waals surface area contributed by atoms with Gasteiger partial charge in [0.05, 0.1) is 5.69 Å². The smallest absolute Gasteiger partial charge is 0.155 e. The topological polar surface area (TPSA) is 25.6 Å². The number of hydrogen-bond donors (Lipinski definition) is 0. The van der Waals surface area contributed by atoms with Crippen LogP contribution in [-0.4, -0.2) is 0 Å². The Kier molecular flexibility index (Phi) is 6.09. The number of anilines is 3. The van der Waals surface area contributed by atoms with Crippen molar-refractivity contribution in [3.63, 3.8) is 0 Å². The van der Waals surface area contributed by atoms with Gasteiger partial charge in [-0.15, -0.1) is 0 Å². The Balaban J connectivity index is 1.17. The van der Waals surface area contributed by atoms with Crippen molar-refractivity contribution in [2.24, 2.45) is 23.7 Å². The van der Waals surface area contributed by atoms with E-state index in [-0.39, 0.29) is 16.2 Å². The highest BCUT2D eigenvalue weighted by Crippen LogP contribution is 2.69. The molecule has 4 fully saturated rings. The standard InChI is InChI=1S/C48H47NO2/c1-46(2)20-21-47(3,4)40-28-34(16-18-37(40)46)49(33-17-19-43-36(27-33)35-10-5-7-14-42(35)50-43)41-13-9-12-39-45(41)51-44-15-8-6-11-38(44)48(39)31-23-29-22-30(25-31)26-32(48)24-29/h5-19,27-32H,20-26H2,1-4H3. The molecule has 0 amide bonds. The summed E-state index contributed by atoms with van der Waals surface area (Å²) in [5.41, 5.74) is 11.3. The predicted octanol–water partition coefficient (Wildman–Crippen LogP) is 13.3. The lowest BCUT2D eigenvalue weighted by Crippen LogP contribution is -2.57. The number of hydrogen-bond acceptors (Lipinski definition) is 3. The molecule has 0 atom stereocenters. The van der Waals surface area contributed by atoms with Crippen LogP contribution in [0.4, 0.5) is 17.1 Å². The van der Waals surface area contributed by atoms with Crippen LogP contribution in [0.2, 0.25) is 0 Å². The molecule has 6 aliphatic rings. The molecule has 5 aliphatic carbocycles. The second-order valence-electron chi connectivity index (χ2n) is 18.0. The molecule has 0 unspecified atom stereocenters. The third-order valence-electron chi connectivity index (χ3n) is 14.4. The van der Waals surface area contributed by atoms with E-state index in [2.05, 4.69) is 136 Å². The number of rotatable bonds is 3. The molecule has 0 saturated heterocycles. The molecule has 1 aromatic heterocycles. The van der Waals surface area contributed by atoms with Crippen molar-refractivity contribution in [3.05, 3.63) is 125 Å². The summed E-state index contributed by atoms with van der Waals surface area (Å²) in [6.45, 7) is 9.69. The summed E-state index contributed by atoms with van der Waals surface area (Å²) in [5.74, 6) is 5.17. The van der Waals surface area contributed by atoms with E-state index in [1.54, 1.807) is 0 Å². The van der Waals surface area contributed by atoms with Gasteiger partial charge in [0.15, 0.2) is 5.75 Å². The monoisotopic (exact) mass is 669 g/mol. The second kappa shape index (κ2) is 10.3. The summed E-state index contributed by atoms with van der Waals surface area (Å²) in [6.07, 6.45) is 9.19. The largest absolute Gasteiger partial charge is 0.456 e. The number of para-hydroxylation sites is 3. The highest BCUT2D eigenvalue weighted by Gasteiger charge is 2.61. The fraction of sp³-hybridized carbons (Fsp3) is 0.375. The highest BCUT2D eigenvalue weighted by atomic mass is 16.5. The van der Waals surface area contributed by atoms with Crippen LogP contribution in [0.15, 0.2) is 108 Å². The third kappa shape index (κ3) is 4.12. The predicted molar refractivity (Wildman–Crippen MR) is 208 cm³/mol. The summed E-state index contributed by atoms with van der Waals surface area (Å²) in [6, 6.07) is 38.6. The fourth-order valence-electron chi connectivity index (χ4n) is 12.1. The molecule has 6 aromatic rings. The zero-order valence-electron chi connectivity index (χ0n) is 30.3. The van der Waals surface area contributed by atoms with E-state index in [0.29, 0.717) is 11.8 Å². The average Bonchev–Trinajstić information content (AvgIpc) is 3.50. The Morgan fingerprint density at radius 2 is 1.20 bits per heavy atom. The minimum Gasteiger partial charge on any atom is -0.456 e. The fourth-order valence-corrected chi connectivity index (χ4v) is 12.1. The molecule has 4 saturated carbocycles. The lowest BCUT2D eigenvalue weighted by Gasteiger charge is -2.63. The van der Waals surface area contributed by atoms with Gasteiger partial charge >= 0.3 is 0 Å². The SMILES string of the molecule is CC1(C)CCC(C)(C)c2cc(N(c3ccc4oc5ccccc5c4c3)c3cccc4c3Oc3ccccc3C43C4CC5CC(C4)CC3C5)ccc21. The Morgan fingerprint density at radius 1 is 0.549 bits per heavy atom. The zero-order valence-corrected chi connectivity index (χ0v) is 30.3. The van der Waals surface area contributed by atoms with Gasteiger partial charge in [0, 0.05) is 38.7 Å². The Bertz CT molecular complexity index is 2360. The quantitative estimate of drug-likeness (QED) is 0.188. The average molecular weight is 670 g/mol. The molecule has 2 heterocycles. The van der Waals surface area contributed by atoms with Crippen LogP contribution in [0.1, 0.15) is 94.9 Å². The van der Waals surface area contributed by atoms with E-state index in [0.717, 1.165) is 56.6 Å². The van der Waals surface area contributed by atoms with Crippen molar-refractivity contribution in [1.82, 2.24) is 0 Å². The van der Waals surface area contributed by atoms with Gasteiger partial charge < -0.3 is 14.1 Å². The minimum absolute atomic E-state index is 0.00808. The Morgan fingerprint density at radius 3 is 2.00 bits per heavy atom. The first-order valence-electron chi connectivity index (χ1n) is 19.5. The molecule has 51 heavy (non-hydrogen) atoms. The van der Waals surface area contributed by atoms with Crippen molar-refractivity contribution in [2.45, 2.75) is 88.9 Å². The normalized spacial score (nSPS) is 27.6. The first-order chi connectivity index (χ1) is 24.7. The van der Waals surface area contributed by atoms with Crippen LogP contribution in [0.3, 0.4) is 0 Å². The molecule has 0 N–H and O–H groups in total.